The summed E-state index contributed by atoms with van der Waals surface area (Å²) in [5, 5.41) is 4.96. The highest BCUT2D eigenvalue weighted by Crippen LogP contribution is 2.25. The van der Waals surface area contributed by atoms with Gasteiger partial charge >= 0.3 is 0 Å². The van der Waals surface area contributed by atoms with E-state index in [2.05, 4.69) is 34.1 Å². The molecule has 1 aliphatic rings. The van der Waals surface area contributed by atoms with E-state index in [0.717, 1.165) is 61.3 Å². The van der Waals surface area contributed by atoms with Crippen LogP contribution in [0.15, 0.2) is 18.2 Å². The van der Waals surface area contributed by atoms with E-state index in [1.807, 2.05) is 25.1 Å². The van der Waals surface area contributed by atoms with Gasteiger partial charge in [0.05, 0.1) is 6.42 Å². The van der Waals surface area contributed by atoms with Crippen molar-refractivity contribution >= 4 is 28.4 Å². The Morgan fingerprint density at radius 3 is 2.73 bits per heavy atom. The molecule has 0 saturated carbocycles. The van der Waals surface area contributed by atoms with Crippen molar-refractivity contribution in [2.45, 2.75) is 32.7 Å². The lowest BCUT2D eigenvalue weighted by molar-refractivity contribution is -0.121. The lowest BCUT2D eigenvalue weighted by atomic mass is 10.1. The Bertz CT molecular complexity index is 765. The maximum atomic E-state index is 12.7. The number of fused-ring (bicyclic) bond motifs is 1. The topological polar surface area (TPSA) is 51.4 Å². The van der Waals surface area contributed by atoms with Crippen LogP contribution >= 0.6 is 11.6 Å². The number of likely N-dealkylation sites (N-methyl/N-ethyl adjacent to an activating group) is 1. The second-order valence-electron chi connectivity index (χ2n) is 7.37. The molecule has 0 unspecified atom stereocenters. The van der Waals surface area contributed by atoms with Gasteiger partial charge in [0.2, 0.25) is 5.91 Å². The minimum absolute atomic E-state index is 0.0787. The smallest absolute Gasteiger partial charge is 0.224 e. The van der Waals surface area contributed by atoms with Crippen molar-refractivity contribution in [3.63, 3.8) is 0 Å². The molecule has 1 fully saturated rings. The number of halogens is 1. The number of amides is 1. The summed E-state index contributed by atoms with van der Waals surface area (Å²) in [5.41, 5.74) is 3.10. The molecule has 3 rings (SSSR count). The SMILES string of the molecule is CC[C@H](CN1CCN(C)CC1)NC(=O)Cc1c(C)[nH]c2ccc(Cl)cc12. The summed E-state index contributed by atoms with van der Waals surface area (Å²) in [7, 11) is 2.16. The number of hydrogen-bond acceptors (Lipinski definition) is 3. The van der Waals surface area contributed by atoms with Gasteiger partial charge in [-0.25, -0.2) is 0 Å². The molecule has 2 heterocycles. The van der Waals surface area contributed by atoms with E-state index in [-0.39, 0.29) is 11.9 Å². The molecule has 1 atom stereocenters. The van der Waals surface area contributed by atoms with Crippen LogP contribution in [0.25, 0.3) is 10.9 Å². The molecule has 1 aromatic heterocycles. The summed E-state index contributed by atoms with van der Waals surface area (Å²) in [4.78, 5) is 20.8. The molecule has 0 spiro atoms. The van der Waals surface area contributed by atoms with E-state index in [0.29, 0.717) is 11.4 Å². The first-order valence-electron chi connectivity index (χ1n) is 9.43. The molecule has 142 valence electrons. The van der Waals surface area contributed by atoms with Crippen LogP contribution in [-0.2, 0) is 11.2 Å². The third-order valence-electron chi connectivity index (χ3n) is 5.35. The number of nitrogens with zero attached hydrogens (tertiary/aromatic N) is 2. The van der Waals surface area contributed by atoms with Crippen molar-refractivity contribution < 1.29 is 4.79 Å². The van der Waals surface area contributed by atoms with E-state index >= 15 is 0 Å². The van der Waals surface area contributed by atoms with Gasteiger partial charge in [-0.2, -0.15) is 0 Å². The third-order valence-corrected chi connectivity index (χ3v) is 5.59. The molecule has 1 saturated heterocycles. The summed E-state index contributed by atoms with van der Waals surface area (Å²) in [6, 6.07) is 5.96. The van der Waals surface area contributed by atoms with Gasteiger partial charge in [-0.3, -0.25) is 9.69 Å². The molecular weight excluding hydrogens is 348 g/mol. The monoisotopic (exact) mass is 376 g/mol. The zero-order valence-corrected chi connectivity index (χ0v) is 16.7. The Kier molecular flexibility index (Phi) is 6.22. The van der Waals surface area contributed by atoms with Crippen LogP contribution in [0.2, 0.25) is 5.02 Å². The van der Waals surface area contributed by atoms with Crippen molar-refractivity contribution in [1.29, 1.82) is 0 Å². The summed E-state index contributed by atoms with van der Waals surface area (Å²) in [6.45, 7) is 9.41. The van der Waals surface area contributed by atoms with Crippen LogP contribution in [0.4, 0.5) is 0 Å². The van der Waals surface area contributed by atoms with Gasteiger partial charge in [-0.1, -0.05) is 18.5 Å². The van der Waals surface area contributed by atoms with Gasteiger partial charge in [-0.15, -0.1) is 0 Å². The fourth-order valence-corrected chi connectivity index (χ4v) is 3.81. The van der Waals surface area contributed by atoms with Crippen LogP contribution < -0.4 is 5.32 Å². The summed E-state index contributed by atoms with van der Waals surface area (Å²) in [6.07, 6.45) is 1.32. The molecule has 6 heteroatoms. The molecular formula is C20H29ClN4O. The fraction of sp³-hybridized carbons (Fsp3) is 0.550. The second-order valence-corrected chi connectivity index (χ2v) is 7.81. The number of aromatic nitrogens is 1. The van der Waals surface area contributed by atoms with Gasteiger partial charge in [0.15, 0.2) is 0 Å². The number of piperazine rings is 1. The lowest BCUT2D eigenvalue weighted by Gasteiger charge is -2.34. The zero-order chi connectivity index (χ0) is 18.7. The average Bonchev–Trinajstić information content (AvgIpc) is 2.91. The van der Waals surface area contributed by atoms with Gasteiger partial charge < -0.3 is 15.2 Å². The third kappa shape index (κ3) is 4.58. The summed E-state index contributed by atoms with van der Waals surface area (Å²) >= 11 is 6.14. The highest BCUT2D eigenvalue weighted by molar-refractivity contribution is 6.31. The molecule has 5 nitrogen and oxygen atoms in total. The van der Waals surface area contributed by atoms with Crippen molar-refractivity contribution in [2.24, 2.45) is 0 Å². The van der Waals surface area contributed by atoms with E-state index in [1.165, 1.54) is 0 Å². The first-order valence-corrected chi connectivity index (χ1v) is 9.81. The minimum atomic E-state index is 0.0787. The number of nitrogens with one attached hydrogen (secondary N) is 2. The molecule has 0 aliphatic carbocycles. The van der Waals surface area contributed by atoms with Gasteiger partial charge in [0.1, 0.15) is 0 Å². The number of aromatic amines is 1. The largest absolute Gasteiger partial charge is 0.358 e. The fourth-order valence-electron chi connectivity index (χ4n) is 3.64. The van der Waals surface area contributed by atoms with E-state index < -0.39 is 0 Å². The zero-order valence-electron chi connectivity index (χ0n) is 15.9. The molecule has 26 heavy (non-hydrogen) atoms. The van der Waals surface area contributed by atoms with Crippen LogP contribution in [-0.4, -0.2) is 66.5 Å². The Hall–Kier alpha value is -1.56. The van der Waals surface area contributed by atoms with Crippen molar-refractivity contribution in [2.75, 3.05) is 39.8 Å². The molecule has 1 amide bonds. The van der Waals surface area contributed by atoms with Crippen molar-refractivity contribution in [3.05, 3.63) is 34.5 Å². The average molecular weight is 377 g/mol. The predicted molar refractivity (Wildman–Crippen MR) is 108 cm³/mol. The van der Waals surface area contributed by atoms with Crippen LogP contribution in [0, 0.1) is 6.92 Å². The molecule has 1 aromatic carbocycles. The molecule has 2 N–H and O–H groups in total. The Balaban J connectivity index is 1.62. The van der Waals surface area contributed by atoms with E-state index in [1.54, 1.807) is 0 Å². The Labute approximate surface area is 160 Å². The molecule has 0 bridgehead atoms. The Morgan fingerprint density at radius 1 is 1.31 bits per heavy atom. The first-order chi connectivity index (χ1) is 12.5. The highest BCUT2D eigenvalue weighted by Gasteiger charge is 2.20. The predicted octanol–water partition coefficient (Wildman–Crippen LogP) is 2.81. The number of rotatable bonds is 6. The lowest BCUT2D eigenvalue weighted by Crippen LogP contribution is -2.50. The van der Waals surface area contributed by atoms with Gasteiger partial charge in [0.25, 0.3) is 0 Å². The molecule has 2 aromatic rings. The maximum Gasteiger partial charge on any atom is 0.224 e. The molecule has 0 radical (unpaired) electrons. The standard InChI is InChI=1S/C20H29ClN4O/c1-4-16(13-25-9-7-24(3)8-10-25)23-20(26)12-17-14(2)22-19-6-5-15(21)11-18(17)19/h5-6,11,16,22H,4,7-10,12-13H2,1-3H3,(H,23,26)/t16-/m1/s1. The first kappa shape index (κ1) is 19.2. The summed E-state index contributed by atoms with van der Waals surface area (Å²) < 4.78 is 0. The van der Waals surface area contributed by atoms with Gasteiger partial charge in [0, 0.05) is 60.4 Å². The number of H-pyrrole nitrogens is 1. The second kappa shape index (κ2) is 8.42. The normalized spacial score (nSPS) is 17.5. The Morgan fingerprint density at radius 2 is 2.04 bits per heavy atom. The highest BCUT2D eigenvalue weighted by atomic mass is 35.5. The van der Waals surface area contributed by atoms with E-state index in [4.69, 9.17) is 11.6 Å². The number of carbonyl (C=O) groups is 1. The quantitative estimate of drug-likeness (QED) is 0.815. The minimum Gasteiger partial charge on any atom is -0.358 e. The van der Waals surface area contributed by atoms with Crippen LogP contribution in [0.5, 0.6) is 0 Å². The number of hydrogen-bond donors (Lipinski definition) is 2. The number of aryl methyl sites for hydroxylation is 1. The van der Waals surface area contributed by atoms with Crippen LogP contribution in [0.1, 0.15) is 24.6 Å². The number of benzene rings is 1. The van der Waals surface area contributed by atoms with Crippen molar-refractivity contribution in [3.8, 4) is 0 Å². The summed E-state index contributed by atoms with van der Waals surface area (Å²) in [5.74, 6) is 0.0787. The van der Waals surface area contributed by atoms with E-state index in [9.17, 15) is 4.79 Å². The number of carbonyl (C=O) groups excluding carboxylic acids is 1. The van der Waals surface area contributed by atoms with Crippen LogP contribution in [0.3, 0.4) is 0 Å². The van der Waals surface area contributed by atoms with Gasteiger partial charge in [-0.05, 0) is 44.2 Å². The maximum absolute atomic E-state index is 12.7. The molecule has 1 aliphatic heterocycles. The van der Waals surface area contributed by atoms with Crippen molar-refractivity contribution in [1.82, 2.24) is 20.1 Å².